The minimum absolute atomic E-state index is 0.00535. The van der Waals surface area contributed by atoms with E-state index in [2.05, 4.69) is 35.9 Å². The molecule has 4 bridgehead atoms. The van der Waals surface area contributed by atoms with Crippen molar-refractivity contribution < 1.29 is 23.2 Å². The molecule has 0 radical (unpaired) electrons. The summed E-state index contributed by atoms with van der Waals surface area (Å²) in [6.45, 7) is 9.49. The molecular formula is C32H38FN5O4. The molecule has 2 aliphatic heterocycles. The molecule has 42 heavy (non-hydrogen) atoms. The number of carbonyl (C=O) groups is 1. The Morgan fingerprint density at radius 1 is 1.07 bits per heavy atom. The number of halogens is 1. The molecule has 222 valence electrons. The maximum Gasteiger partial charge on any atom is 0.316 e. The van der Waals surface area contributed by atoms with Gasteiger partial charge >= 0.3 is 6.01 Å². The maximum atomic E-state index is 14.6. The van der Waals surface area contributed by atoms with Gasteiger partial charge in [-0.1, -0.05) is 38.1 Å². The van der Waals surface area contributed by atoms with Crippen LogP contribution < -0.4 is 9.64 Å². The lowest BCUT2D eigenvalue weighted by Gasteiger charge is -2.65. The Kier molecular flexibility index (Phi) is 6.07. The maximum absolute atomic E-state index is 14.6. The fraction of sp³-hybridized carbons (Fsp3) is 0.594. The normalized spacial score (nSPS) is 31.3. The minimum Gasteiger partial charge on any atom is -0.464 e. The van der Waals surface area contributed by atoms with Crippen molar-refractivity contribution in [3.05, 3.63) is 48.4 Å². The monoisotopic (exact) mass is 575 g/mol. The molecule has 4 heterocycles. The number of rotatable bonds is 8. The van der Waals surface area contributed by atoms with E-state index in [0.29, 0.717) is 56.7 Å². The molecule has 4 aliphatic carbocycles. The summed E-state index contributed by atoms with van der Waals surface area (Å²) in [5, 5.41) is 4.26. The lowest BCUT2D eigenvalue weighted by Crippen LogP contribution is -2.71. The van der Waals surface area contributed by atoms with Gasteiger partial charge in [0.15, 0.2) is 5.82 Å². The van der Waals surface area contributed by atoms with Gasteiger partial charge in [-0.05, 0) is 69.6 Å². The second-order valence-corrected chi connectivity index (χ2v) is 14.0. The Morgan fingerprint density at radius 3 is 2.36 bits per heavy atom. The number of benzene rings is 1. The molecule has 3 aromatic rings. The van der Waals surface area contributed by atoms with E-state index < -0.39 is 16.7 Å². The smallest absolute Gasteiger partial charge is 0.316 e. The van der Waals surface area contributed by atoms with Crippen LogP contribution in [0.5, 0.6) is 6.01 Å². The highest BCUT2D eigenvalue weighted by Crippen LogP contribution is 2.70. The molecule has 1 amide bonds. The van der Waals surface area contributed by atoms with Gasteiger partial charge in [-0.15, -0.1) is 0 Å². The Morgan fingerprint density at radius 2 is 1.79 bits per heavy atom. The first-order chi connectivity index (χ1) is 20.0. The van der Waals surface area contributed by atoms with E-state index in [1.165, 1.54) is 0 Å². The van der Waals surface area contributed by atoms with Gasteiger partial charge in [-0.2, -0.15) is 4.98 Å². The Labute approximate surface area is 245 Å². The van der Waals surface area contributed by atoms with Gasteiger partial charge in [0, 0.05) is 29.1 Å². The lowest BCUT2D eigenvalue weighted by molar-refractivity contribution is -0.213. The average Bonchev–Trinajstić information content (AvgIpc) is 3.48. The third-order valence-corrected chi connectivity index (χ3v) is 9.83. The highest BCUT2D eigenvalue weighted by atomic mass is 19.1. The third-order valence-electron chi connectivity index (χ3n) is 9.83. The number of amides is 1. The molecule has 4 saturated carbocycles. The number of fused-ring (bicyclic) bond motifs is 3. The molecule has 6 fully saturated rings. The highest BCUT2D eigenvalue weighted by Gasteiger charge is 2.73. The van der Waals surface area contributed by atoms with Gasteiger partial charge < -0.3 is 18.9 Å². The fourth-order valence-electron chi connectivity index (χ4n) is 7.25. The molecule has 0 N–H and O–H groups in total. The van der Waals surface area contributed by atoms with Crippen molar-refractivity contribution in [3.8, 4) is 17.1 Å². The number of alkyl halides is 1. The van der Waals surface area contributed by atoms with E-state index in [1.807, 2.05) is 36.1 Å². The number of carbonyl (C=O) groups excluding carboxylic acids is 1. The molecule has 0 atom stereocenters. The molecule has 2 saturated heterocycles. The Balaban J connectivity index is 1.15. The van der Waals surface area contributed by atoms with Gasteiger partial charge in [0.1, 0.15) is 5.67 Å². The number of ether oxygens (including phenoxy) is 2. The van der Waals surface area contributed by atoms with Crippen LogP contribution in [0.25, 0.3) is 11.1 Å². The lowest BCUT2D eigenvalue weighted by atomic mass is 9.42. The van der Waals surface area contributed by atoms with E-state index >= 15 is 0 Å². The van der Waals surface area contributed by atoms with Crippen molar-refractivity contribution in [1.82, 2.24) is 20.1 Å². The summed E-state index contributed by atoms with van der Waals surface area (Å²) in [7, 11) is 0. The van der Waals surface area contributed by atoms with Crippen molar-refractivity contribution in [2.75, 3.05) is 24.7 Å². The van der Waals surface area contributed by atoms with E-state index in [1.54, 1.807) is 12.4 Å². The van der Waals surface area contributed by atoms with Gasteiger partial charge in [0.2, 0.25) is 11.8 Å². The number of anilines is 1. The summed E-state index contributed by atoms with van der Waals surface area (Å²) in [6.07, 6.45) is 7.64. The number of hydrogen-bond donors (Lipinski definition) is 0. The number of hydrogen-bond acceptors (Lipinski definition) is 8. The van der Waals surface area contributed by atoms with E-state index in [-0.39, 0.29) is 16.7 Å². The minimum atomic E-state index is -1.16. The third kappa shape index (κ3) is 4.41. The first-order valence-electron chi connectivity index (χ1n) is 15.0. The fourth-order valence-corrected chi connectivity index (χ4v) is 7.25. The largest absolute Gasteiger partial charge is 0.464 e. The number of aromatic nitrogens is 4. The summed E-state index contributed by atoms with van der Waals surface area (Å²) in [4.78, 5) is 29.4. The standard InChI is InChI=1S/C32H38FN5O4/c1-5-40-27-34-14-22(15-35-27)21-7-6-8-23(13-21)38(26(39)30-16-31(33,17-30)18-30)19-32-11-9-29(10-12-32,20-41-32)25-36-24(37-42-25)28(2,3)4/h6-8,13-15H,5,9-12,16-20H2,1-4H3. The summed E-state index contributed by atoms with van der Waals surface area (Å²) in [5.41, 5.74) is -0.260. The quantitative estimate of drug-likeness (QED) is 0.336. The van der Waals surface area contributed by atoms with Crippen LogP contribution in [-0.2, 0) is 20.4 Å². The first kappa shape index (κ1) is 27.4. The van der Waals surface area contributed by atoms with E-state index in [4.69, 9.17) is 19.0 Å². The summed E-state index contributed by atoms with van der Waals surface area (Å²) in [6, 6.07) is 8.19. The van der Waals surface area contributed by atoms with E-state index in [0.717, 1.165) is 42.5 Å². The molecule has 1 aromatic carbocycles. The zero-order valence-electron chi connectivity index (χ0n) is 24.8. The molecule has 10 heteroatoms. The molecule has 9 rings (SSSR count). The van der Waals surface area contributed by atoms with Crippen LogP contribution >= 0.6 is 0 Å². The summed E-state index contributed by atoms with van der Waals surface area (Å²) in [5.74, 6) is 1.35. The van der Waals surface area contributed by atoms with Crippen molar-refractivity contribution in [3.63, 3.8) is 0 Å². The summed E-state index contributed by atoms with van der Waals surface area (Å²) < 4.78 is 32.4. The van der Waals surface area contributed by atoms with Crippen molar-refractivity contribution >= 4 is 11.6 Å². The highest BCUT2D eigenvalue weighted by molar-refractivity contribution is 6.00. The van der Waals surface area contributed by atoms with Crippen molar-refractivity contribution in [1.29, 1.82) is 0 Å². The zero-order chi connectivity index (χ0) is 29.4. The molecule has 2 aromatic heterocycles. The molecule has 0 spiro atoms. The van der Waals surface area contributed by atoms with Gasteiger partial charge in [-0.3, -0.25) is 4.79 Å². The molecule has 0 unspecified atom stereocenters. The average molecular weight is 576 g/mol. The van der Waals surface area contributed by atoms with E-state index in [9.17, 15) is 9.18 Å². The second-order valence-electron chi connectivity index (χ2n) is 14.0. The van der Waals surface area contributed by atoms with Crippen LogP contribution in [0.15, 0.2) is 41.2 Å². The molecule has 9 nitrogen and oxygen atoms in total. The van der Waals surface area contributed by atoms with Crippen LogP contribution in [0.2, 0.25) is 0 Å². The number of nitrogens with zero attached hydrogens (tertiary/aromatic N) is 5. The predicted molar refractivity (Wildman–Crippen MR) is 153 cm³/mol. The molecule has 6 aliphatic rings. The predicted octanol–water partition coefficient (Wildman–Crippen LogP) is 5.73. The Hall–Kier alpha value is -3.40. The molecular weight excluding hydrogens is 537 g/mol. The van der Waals surface area contributed by atoms with Crippen LogP contribution in [0.4, 0.5) is 10.1 Å². The van der Waals surface area contributed by atoms with Gasteiger partial charge in [-0.25, -0.2) is 14.4 Å². The van der Waals surface area contributed by atoms with Crippen LogP contribution in [0.1, 0.15) is 84.4 Å². The van der Waals surface area contributed by atoms with Crippen LogP contribution in [-0.4, -0.2) is 57.0 Å². The topological polar surface area (TPSA) is 103 Å². The Bertz CT molecular complexity index is 1470. The van der Waals surface area contributed by atoms with Crippen molar-refractivity contribution in [2.45, 2.75) is 94.7 Å². The van der Waals surface area contributed by atoms with Crippen LogP contribution in [0.3, 0.4) is 0 Å². The second kappa shape index (κ2) is 9.30. The summed E-state index contributed by atoms with van der Waals surface area (Å²) >= 11 is 0. The van der Waals surface area contributed by atoms with Crippen LogP contribution in [0, 0.1) is 5.41 Å². The zero-order valence-corrected chi connectivity index (χ0v) is 24.8. The van der Waals surface area contributed by atoms with Crippen molar-refractivity contribution in [2.24, 2.45) is 5.41 Å². The van der Waals surface area contributed by atoms with Gasteiger partial charge in [0.05, 0.1) is 36.2 Å². The van der Waals surface area contributed by atoms with Gasteiger partial charge in [0.25, 0.3) is 0 Å². The SMILES string of the molecule is CCOc1ncc(-c2cccc(N(CC34CCC(c5nc(C(C)(C)C)no5)(CC3)CO4)C(=O)C34CC(F)(C3)C4)c2)cn1. The first-order valence-corrected chi connectivity index (χ1v) is 15.0.